The first-order chi connectivity index (χ1) is 9.78. The number of nitrogens with two attached hydrogens (primary N) is 1. The van der Waals surface area contributed by atoms with E-state index in [9.17, 15) is 4.79 Å². The number of benzene rings is 1. The fourth-order valence-electron chi connectivity index (χ4n) is 3.26. The number of hydrogen-bond donors (Lipinski definition) is 1. The van der Waals surface area contributed by atoms with Gasteiger partial charge in [0.05, 0.1) is 0 Å². The number of hydrogen-bond acceptors (Lipinski definition) is 3. The number of carbonyl (C=O) groups is 1. The van der Waals surface area contributed by atoms with Crippen LogP contribution in [0.5, 0.6) is 5.75 Å². The van der Waals surface area contributed by atoms with Crippen molar-refractivity contribution in [3.8, 4) is 5.75 Å². The Morgan fingerprint density at radius 2 is 2.25 bits per heavy atom. The third-order valence-corrected chi connectivity index (χ3v) is 4.33. The molecule has 108 valence electrons. The molecule has 20 heavy (non-hydrogen) atoms. The molecule has 1 amide bonds. The smallest absolute Gasteiger partial charge is 0.264 e. The topological polar surface area (TPSA) is 55.6 Å². The first-order valence-corrected chi connectivity index (χ1v) is 7.51. The number of amides is 1. The van der Waals surface area contributed by atoms with Gasteiger partial charge in [-0.2, -0.15) is 0 Å². The van der Waals surface area contributed by atoms with Crippen LogP contribution in [0.25, 0.3) is 0 Å². The van der Waals surface area contributed by atoms with Crippen molar-refractivity contribution in [1.82, 2.24) is 4.90 Å². The van der Waals surface area contributed by atoms with Crippen molar-refractivity contribution in [2.24, 2.45) is 11.7 Å². The molecule has 0 radical (unpaired) electrons. The predicted octanol–water partition coefficient (Wildman–Crippen LogP) is 1.58. The van der Waals surface area contributed by atoms with Crippen molar-refractivity contribution < 1.29 is 9.53 Å². The van der Waals surface area contributed by atoms with Gasteiger partial charge in [-0.15, -0.1) is 0 Å². The van der Waals surface area contributed by atoms with Crippen molar-refractivity contribution >= 4 is 5.91 Å². The minimum absolute atomic E-state index is 0.142. The number of likely N-dealkylation sites (tertiary alicyclic amines) is 1. The van der Waals surface area contributed by atoms with Crippen molar-refractivity contribution in [2.75, 3.05) is 19.6 Å². The molecule has 1 fully saturated rings. The molecule has 0 spiro atoms. The summed E-state index contributed by atoms with van der Waals surface area (Å²) in [6.07, 6.45) is 3.65. The minimum Gasteiger partial charge on any atom is -0.480 e. The molecule has 0 saturated carbocycles. The van der Waals surface area contributed by atoms with Crippen LogP contribution in [0.4, 0.5) is 0 Å². The van der Waals surface area contributed by atoms with E-state index in [0.29, 0.717) is 18.9 Å². The first-order valence-electron chi connectivity index (χ1n) is 7.51. The van der Waals surface area contributed by atoms with Gasteiger partial charge in [0, 0.05) is 19.5 Å². The molecule has 2 heterocycles. The van der Waals surface area contributed by atoms with E-state index in [0.717, 1.165) is 37.2 Å². The lowest BCUT2D eigenvalue weighted by molar-refractivity contribution is -0.139. The molecule has 1 saturated heterocycles. The maximum Gasteiger partial charge on any atom is 0.264 e. The van der Waals surface area contributed by atoms with E-state index in [2.05, 4.69) is 0 Å². The fourth-order valence-corrected chi connectivity index (χ4v) is 3.26. The highest BCUT2D eigenvalue weighted by Gasteiger charge is 2.34. The summed E-state index contributed by atoms with van der Waals surface area (Å²) < 4.78 is 5.80. The maximum absolute atomic E-state index is 12.6. The minimum atomic E-state index is -0.330. The van der Waals surface area contributed by atoms with Gasteiger partial charge in [0.15, 0.2) is 6.10 Å². The Bertz CT molecular complexity index is 462. The van der Waals surface area contributed by atoms with Gasteiger partial charge in [-0.1, -0.05) is 18.2 Å². The van der Waals surface area contributed by atoms with E-state index in [1.807, 2.05) is 29.2 Å². The van der Waals surface area contributed by atoms with Crippen molar-refractivity contribution in [2.45, 2.75) is 31.8 Å². The molecule has 0 bridgehead atoms. The van der Waals surface area contributed by atoms with Crippen LogP contribution in [-0.4, -0.2) is 36.5 Å². The van der Waals surface area contributed by atoms with E-state index in [1.54, 1.807) is 0 Å². The summed E-state index contributed by atoms with van der Waals surface area (Å²) in [4.78, 5) is 14.6. The highest BCUT2D eigenvalue weighted by atomic mass is 16.5. The molecule has 0 aliphatic carbocycles. The SMILES string of the molecule is NCCC1CCCN(C(=O)C2Cc3ccccc3O2)C1. The Hall–Kier alpha value is -1.55. The molecule has 4 nitrogen and oxygen atoms in total. The summed E-state index contributed by atoms with van der Waals surface area (Å²) in [5.74, 6) is 1.56. The highest BCUT2D eigenvalue weighted by molar-refractivity contribution is 5.82. The lowest BCUT2D eigenvalue weighted by Crippen LogP contribution is -2.46. The van der Waals surface area contributed by atoms with Gasteiger partial charge in [-0.05, 0) is 43.4 Å². The van der Waals surface area contributed by atoms with Crippen molar-refractivity contribution in [3.05, 3.63) is 29.8 Å². The molecular formula is C16H22N2O2. The van der Waals surface area contributed by atoms with Crippen LogP contribution in [0.15, 0.2) is 24.3 Å². The van der Waals surface area contributed by atoms with Gasteiger partial charge in [-0.25, -0.2) is 0 Å². The zero-order valence-corrected chi connectivity index (χ0v) is 11.8. The van der Waals surface area contributed by atoms with Gasteiger partial charge in [0.25, 0.3) is 5.91 Å². The summed E-state index contributed by atoms with van der Waals surface area (Å²) >= 11 is 0. The number of fused-ring (bicyclic) bond motifs is 1. The lowest BCUT2D eigenvalue weighted by atomic mass is 9.94. The summed E-state index contributed by atoms with van der Waals surface area (Å²) in [6.45, 7) is 2.40. The fraction of sp³-hybridized carbons (Fsp3) is 0.562. The van der Waals surface area contributed by atoms with Gasteiger partial charge >= 0.3 is 0 Å². The number of nitrogens with zero attached hydrogens (tertiary/aromatic N) is 1. The molecule has 2 N–H and O–H groups in total. The van der Waals surface area contributed by atoms with E-state index < -0.39 is 0 Å². The van der Waals surface area contributed by atoms with Crippen LogP contribution in [-0.2, 0) is 11.2 Å². The second-order valence-electron chi connectivity index (χ2n) is 5.79. The molecule has 2 unspecified atom stereocenters. The molecule has 2 aliphatic rings. The first kappa shape index (κ1) is 13.4. The van der Waals surface area contributed by atoms with E-state index in [-0.39, 0.29) is 12.0 Å². The Morgan fingerprint density at radius 3 is 3.05 bits per heavy atom. The maximum atomic E-state index is 12.6. The quantitative estimate of drug-likeness (QED) is 0.910. The molecule has 0 aromatic heterocycles. The summed E-state index contributed by atoms with van der Waals surface area (Å²) in [6, 6.07) is 7.92. The van der Waals surface area contributed by atoms with E-state index in [4.69, 9.17) is 10.5 Å². The standard InChI is InChI=1S/C16H22N2O2/c17-8-7-12-4-3-9-18(11-12)16(19)15-10-13-5-1-2-6-14(13)20-15/h1-2,5-6,12,15H,3-4,7-11,17H2. The van der Waals surface area contributed by atoms with Crippen LogP contribution in [0, 0.1) is 5.92 Å². The Labute approximate surface area is 119 Å². The number of ether oxygens (including phenoxy) is 1. The molecule has 4 heteroatoms. The number of rotatable bonds is 3. The molecule has 1 aromatic carbocycles. The number of piperidine rings is 1. The largest absolute Gasteiger partial charge is 0.480 e. The Kier molecular flexibility index (Phi) is 3.92. The molecule has 2 atom stereocenters. The molecule has 3 rings (SSSR count). The lowest BCUT2D eigenvalue weighted by Gasteiger charge is -2.34. The number of para-hydroxylation sites is 1. The van der Waals surface area contributed by atoms with Crippen LogP contribution in [0.1, 0.15) is 24.8 Å². The molecular weight excluding hydrogens is 252 g/mol. The van der Waals surface area contributed by atoms with Gasteiger partial charge < -0.3 is 15.4 Å². The third kappa shape index (κ3) is 2.66. The average molecular weight is 274 g/mol. The van der Waals surface area contributed by atoms with Crippen LogP contribution >= 0.6 is 0 Å². The summed E-state index contributed by atoms with van der Waals surface area (Å²) in [5, 5.41) is 0. The molecule has 2 aliphatic heterocycles. The Balaban J connectivity index is 1.63. The van der Waals surface area contributed by atoms with Crippen molar-refractivity contribution in [3.63, 3.8) is 0 Å². The van der Waals surface area contributed by atoms with Gasteiger partial charge in [0.1, 0.15) is 5.75 Å². The summed E-state index contributed by atoms with van der Waals surface area (Å²) in [7, 11) is 0. The molecule has 1 aromatic rings. The van der Waals surface area contributed by atoms with Crippen LogP contribution in [0.3, 0.4) is 0 Å². The van der Waals surface area contributed by atoms with Gasteiger partial charge in [-0.3, -0.25) is 4.79 Å². The zero-order valence-electron chi connectivity index (χ0n) is 11.8. The Morgan fingerprint density at radius 1 is 1.40 bits per heavy atom. The third-order valence-electron chi connectivity index (χ3n) is 4.33. The average Bonchev–Trinajstić information content (AvgIpc) is 2.91. The monoisotopic (exact) mass is 274 g/mol. The van der Waals surface area contributed by atoms with E-state index >= 15 is 0 Å². The predicted molar refractivity (Wildman–Crippen MR) is 77.5 cm³/mol. The second kappa shape index (κ2) is 5.83. The summed E-state index contributed by atoms with van der Waals surface area (Å²) in [5.41, 5.74) is 6.77. The van der Waals surface area contributed by atoms with Crippen LogP contribution < -0.4 is 10.5 Å². The zero-order chi connectivity index (χ0) is 13.9. The van der Waals surface area contributed by atoms with Crippen molar-refractivity contribution in [1.29, 1.82) is 0 Å². The van der Waals surface area contributed by atoms with Crippen LogP contribution in [0.2, 0.25) is 0 Å². The highest BCUT2D eigenvalue weighted by Crippen LogP contribution is 2.30. The second-order valence-corrected chi connectivity index (χ2v) is 5.79. The normalized spacial score (nSPS) is 25.1. The van der Waals surface area contributed by atoms with Gasteiger partial charge in [0.2, 0.25) is 0 Å². The van der Waals surface area contributed by atoms with E-state index in [1.165, 1.54) is 6.42 Å². The number of carbonyl (C=O) groups excluding carboxylic acids is 1.